The summed E-state index contributed by atoms with van der Waals surface area (Å²) in [6.45, 7) is 2.73. The van der Waals surface area contributed by atoms with Gasteiger partial charge in [-0.15, -0.1) is 0 Å². The Morgan fingerprint density at radius 2 is 1.88 bits per heavy atom. The molecule has 1 aliphatic heterocycles. The van der Waals surface area contributed by atoms with Crippen molar-refractivity contribution in [3.63, 3.8) is 0 Å². The van der Waals surface area contributed by atoms with E-state index in [9.17, 15) is 13.2 Å². The van der Waals surface area contributed by atoms with E-state index in [-0.39, 0.29) is 12.1 Å². The highest BCUT2D eigenvalue weighted by Crippen LogP contribution is 2.35. The molecular formula is C22H23F3N8. The largest absolute Gasteiger partial charge is 0.397 e. The fraction of sp³-hybridized carbons (Fsp3) is 0.364. The number of piperazine rings is 1. The van der Waals surface area contributed by atoms with Crippen molar-refractivity contribution >= 4 is 11.2 Å². The SMILES string of the molecule is CN1CCN(CC(c2ccc(-n3cc(-c4nc5ncccc5[nH]4)cn3)nc2)C(F)(F)F)CC1. The molecule has 0 radical (unpaired) electrons. The van der Waals surface area contributed by atoms with Gasteiger partial charge < -0.3 is 9.88 Å². The Hall–Kier alpha value is -3.31. The molecule has 5 rings (SSSR count). The molecule has 0 aromatic carbocycles. The zero-order valence-electron chi connectivity index (χ0n) is 18.0. The van der Waals surface area contributed by atoms with Gasteiger partial charge in [-0.2, -0.15) is 18.3 Å². The third-order valence-electron chi connectivity index (χ3n) is 5.95. The Morgan fingerprint density at radius 3 is 2.58 bits per heavy atom. The third-order valence-corrected chi connectivity index (χ3v) is 5.95. The topological polar surface area (TPSA) is 78.8 Å². The molecule has 33 heavy (non-hydrogen) atoms. The fourth-order valence-electron chi connectivity index (χ4n) is 3.98. The number of aromatic amines is 1. The molecule has 1 aliphatic rings. The molecule has 8 nitrogen and oxygen atoms in total. The van der Waals surface area contributed by atoms with E-state index in [1.165, 1.54) is 16.9 Å². The van der Waals surface area contributed by atoms with Crippen LogP contribution in [0.25, 0.3) is 28.4 Å². The number of H-pyrrole nitrogens is 1. The van der Waals surface area contributed by atoms with Crippen molar-refractivity contribution in [1.29, 1.82) is 0 Å². The van der Waals surface area contributed by atoms with Crippen LogP contribution < -0.4 is 0 Å². The van der Waals surface area contributed by atoms with Crippen molar-refractivity contribution < 1.29 is 13.2 Å². The van der Waals surface area contributed by atoms with Crippen molar-refractivity contribution in [2.24, 2.45) is 0 Å². The maximum atomic E-state index is 13.8. The molecule has 0 amide bonds. The second-order valence-electron chi connectivity index (χ2n) is 8.28. The maximum Gasteiger partial charge on any atom is 0.397 e. The third kappa shape index (κ3) is 4.60. The predicted molar refractivity (Wildman–Crippen MR) is 117 cm³/mol. The number of imidazole rings is 1. The standard InChI is InChI=1S/C22H23F3N8/c1-31-7-9-32(10-8-31)14-17(22(23,24)25)15-4-5-19(27-11-15)33-13-16(12-28-33)20-29-18-3-2-6-26-21(18)30-20/h2-6,11-13,17H,7-10,14H2,1H3,(H,26,29,30). The summed E-state index contributed by atoms with van der Waals surface area (Å²) in [5.41, 5.74) is 2.28. The van der Waals surface area contributed by atoms with Gasteiger partial charge in [0, 0.05) is 51.3 Å². The number of aromatic nitrogens is 6. The van der Waals surface area contributed by atoms with E-state index in [1.807, 2.05) is 24.1 Å². The van der Waals surface area contributed by atoms with Gasteiger partial charge in [-0.1, -0.05) is 6.07 Å². The van der Waals surface area contributed by atoms with Crippen LogP contribution in [0, 0.1) is 0 Å². The number of nitrogens with zero attached hydrogens (tertiary/aromatic N) is 7. The van der Waals surface area contributed by atoms with E-state index in [4.69, 9.17) is 0 Å². The lowest BCUT2D eigenvalue weighted by Crippen LogP contribution is -2.47. The molecule has 1 unspecified atom stereocenters. The van der Waals surface area contributed by atoms with E-state index >= 15 is 0 Å². The minimum atomic E-state index is -4.35. The summed E-state index contributed by atoms with van der Waals surface area (Å²) in [5, 5.41) is 4.30. The Kier molecular flexibility index (Phi) is 5.59. The molecule has 0 aliphatic carbocycles. The van der Waals surface area contributed by atoms with E-state index < -0.39 is 12.1 Å². The summed E-state index contributed by atoms with van der Waals surface area (Å²) < 4.78 is 43.0. The van der Waals surface area contributed by atoms with Gasteiger partial charge in [0.25, 0.3) is 0 Å². The number of hydrogen-bond acceptors (Lipinski definition) is 6. The molecule has 1 N–H and O–H groups in total. The van der Waals surface area contributed by atoms with Gasteiger partial charge in [-0.25, -0.2) is 19.6 Å². The number of hydrogen-bond donors (Lipinski definition) is 1. The molecule has 4 aromatic heterocycles. The zero-order valence-corrected chi connectivity index (χ0v) is 18.0. The molecule has 172 valence electrons. The van der Waals surface area contributed by atoms with Crippen molar-refractivity contribution in [2.75, 3.05) is 39.8 Å². The van der Waals surface area contributed by atoms with Crippen molar-refractivity contribution in [3.8, 4) is 17.2 Å². The monoisotopic (exact) mass is 456 g/mol. The summed E-state index contributed by atoms with van der Waals surface area (Å²) in [6, 6.07) is 6.75. The average Bonchev–Trinajstić information content (AvgIpc) is 3.45. The minimum absolute atomic E-state index is 0.0651. The molecule has 1 saturated heterocycles. The summed E-state index contributed by atoms with van der Waals surface area (Å²) >= 11 is 0. The summed E-state index contributed by atoms with van der Waals surface area (Å²) in [4.78, 5) is 20.1. The Bertz CT molecular complexity index is 1190. The highest BCUT2D eigenvalue weighted by Gasteiger charge is 2.42. The first kappa shape index (κ1) is 21.5. The van der Waals surface area contributed by atoms with Gasteiger partial charge in [0.1, 0.15) is 5.82 Å². The van der Waals surface area contributed by atoms with E-state index in [2.05, 4.69) is 29.9 Å². The van der Waals surface area contributed by atoms with E-state index in [0.717, 1.165) is 24.2 Å². The van der Waals surface area contributed by atoms with Crippen LogP contribution in [0.1, 0.15) is 11.5 Å². The molecule has 1 fully saturated rings. The lowest BCUT2D eigenvalue weighted by molar-refractivity contribution is -0.155. The molecule has 0 saturated carbocycles. The number of pyridine rings is 2. The quantitative estimate of drug-likeness (QED) is 0.497. The number of likely N-dealkylation sites (N-methyl/N-ethyl adjacent to an activating group) is 1. The maximum absolute atomic E-state index is 13.8. The molecule has 0 bridgehead atoms. The van der Waals surface area contributed by atoms with E-state index in [1.54, 1.807) is 24.7 Å². The Balaban J connectivity index is 1.35. The lowest BCUT2D eigenvalue weighted by Gasteiger charge is -2.35. The number of fused-ring (bicyclic) bond motifs is 1. The van der Waals surface area contributed by atoms with Gasteiger partial charge in [0.05, 0.1) is 23.2 Å². The normalized spacial score (nSPS) is 17.0. The smallest absolute Gasteiger partial charge is 0.336 e. The van der Waals surface area contributed by atoms with Crippen LogP contribution in [0.15, 0.2) is 49.1 Å². The summed E-state index contributed by atoms with van der Waals surface area (Å²) in [5.74, 6) is -0.547. The summed E-state index contributed by atoms with van der Waals surface area (Å²) in [7, 11) is 1.98. The first-order chi connectivity index (χ1) is 15.9. The van der Waals surface area contributed by atoms with E-state index in [0.29, 0.717) is 30.4 Å². The number of halogens is 3. The van der Waals surface area contributed by atoms with Crippen LogP contribution in [0.2, 0.25) is 0 Å². The highest BCUT2D eigenvalue weighted by molar-refractivity contribution is 5.75. The number of rotatable bonds is 5. The van der Waals surface area contributed by atoms with Crippen molar-refractivity contribution in [3.05, 3.63) is 54.6 Å². The number of alkyl halides is 3. The second-order valence-corrected chi connectivity index (χ2v) is 8.28. The highest BCUT2D eigenvalue weighted by atomic mass is 19.4. The number of nitrogens with one attached hydrogen (secondary N) is 1. The fourth-order valence-corrected chi connectivity index (χ4v) is 3.98. The van der Waals surface area contributed by atoms with Gasteiger partial charge in [0.15, 0.2) is 11.5 Å². The van der Waals surface area contributed by atoms with Crippen LogP contribution in [-0.4, -0.2) is 85.5 Å². The summed E-state index contributed by atoms with van der Waals surface area (Å²) in [6.07, 6.45) is 1.97. The molecule has 4 aromatic rings. The molecule has 5 heterocycles. The first-order valence-electron chi connectivity index (χ1n) is 10.7. The van der Waals surface area contributed by atoms with Gasteiger partial charge >= 0.3 is 6.18 Å². The van der Waals surface area contributed by atoms with Crippen molar-refractivity contribution in [1.82, 2.24) is 39.5 Å². The second kappa shape index (κ2) is 8.56. The van der Waals surface area contributed by atoms with Crippen LogP contribution in [0.4, 0.5) is 13.2 Å². The predicted octanol–water partition coefficient (Wildman–Crippen LogP) is 3.10. The molecule has 11 heteroatoms. The van der Waals surface area contributed by atoms with Gasteiger partial charge in [0.2, 0.25) is 0 Å². The van der Waals surface area contributed by atoms with Crippen molar-refractivity contribution in [2.45, 2.75) is 12.1 Å². The Morgan fingerprint density at radius 1 is 1.06 bits per heavy atom. The van der Waals surface area contributed by atoms with Gasteiger partial charge in [-0.05, 0) is 30.8 Å². The van der Waals surface area contributed by atoms with Crippen LogP contribution in [0.3, 0.4) is 0 Å². The minimum Gasteiger partial charge on any atom is -0.336 e. The molecule has 1 atom stereocenters. The Labute approximate surface area is 188 Å². The van der Waals surface area contributed by atoms with Crippen LogP contribution in [0.5, 0.6) is 0 Å². The van der Waals surface area contributed by atoms with Crippen LogP contribution >= 0.6 is 0 Å². The zero-order chi connectivity index (χ0) is 23.0. The first-order valence-corrected chi connectivity index (χ1v) is 10.7. The molecule has 0 spiro atoms. The molecular weight excluding hydrogens is 433 g/mol. The van der Waals surface area contributed by atoms with Gasteiger partial charge in [-0.3, -0.25) is 4.90 Å². The van der Waals surface area contributed by atoms with Crippen LogP contribution in [-0.2, 0) is 0 Å². The lowest BCUT2D eigenvalue weighted by atomic mass is 9.99. The average molecular weight is 456 g/mol.